The van der Waals surface area contributed by atoms with Gasteiger partial charge in [-0.1, -0.05) is 104 Å². The Balaban J connectivity index is 1.52. The molecule has 2 saturated carbocycles. The third-order valence-corrected chi connectivity index (χ3v) is 12.4. The number of aliphatic hydroxyl groups is 4. The van der Waals surface area contributed by atoms with Gasteiger partial charge >= 0.3 is 11.9 Å². The first-order valence-electron chi connectivity index (χ1n) is 18.3. The van der Waals surface area contributed by atoms with Gasteiger partial charge in [-0.2, -0.15) is 0 Å². The first kappa shape index (κ1) is 37.7. The summed E-state index contributed by atoms with van der Waals surface area (Å²) in [5.74, 6) is -5.54. The zero-order valence-electron chi connectivity index (χ0n) is 29.3. The first-order valence-corrected chi connectivity index (χ1v) is 18.3. The Hall–Kier alpha value is -2.07. The SMILES string of the molecule is CCCCCCCCCCCCC(CCCC(=O)O)C(=O)O[C@@]12[C@H](O)[C@@H](C)[C@@]3(O)[C@@H](C=C(CO)C[C@]4(O)C(=O)C(C)=C[C@@H]34)[C@H]1C2(C)C. The predicted molar refractivity (Wildman–Crippen MR) is 178 cm³/mol. The zero-order chi connectivity index (χ0) is 34.8. The van der Waals surface area contributed by atoms with Crippen molar-refractivity contribution in [2.75, 3.05) is 6.61 Å². The van der Waals surface area contributed by atoms with Gasteiger partial charge in [0.05, 0.1) is 24.2 Å². The van der Waals surface area contributed by atoms with Crippen LogP contribution in [0, 0.1) is 35.0 Å². The molecular formula is C38H60O9. The van der Waals surface area contributed by atoms with Gasteiger partial charge in [-0.15, -0.1) is 0 Å². The summed E-state index contributed by atoms with van der Waals surface area (Å²) in [4.78, 5) is 38.5. The van der Waals surface area contributed by atoms with Crippen LogP contribution in [-0.2, 0) is 19.1 Å². The number of carbonyl (C=O) groups excluding carboxylic acids is 2. The Kier molecular flexibility index (Phi) is 11.9. The second-order valence-corrected chi connectivity index (χ2v) is 15.8. The lowest BCUT2D eigenvalue weighted by molar-refractivity contribution is -0.221. The third kappa shape index (κ3) is 6.75. The van der Waals surface area contributed by atoms with E-state index in [0.717, 1.165) is 25.7 Å². The van der Waals surface area contributed by atoms with E-state index >= 15 is 0 Å². The number of rotatable bonds is 18. The van der Waals surface area contributed by atoms with Crippen molar-refractivity contribution in [3.05, 3.63) is 23.3 Å². The quantitative estimate of drug-likeness (QED) is 0.0709. The molecule has 0 saturated heterocycles. The summed E-state index contributed by atoms with van der Waals surface area (Å²) in [7, 11) is 0. The zero-order valence-corrected chi connectivity index (χ0v) is 29.3. The Labute approximate surface area is 280 Å². The van der Waals surface area contributed by atoms with Gasteiger partial charge in [0, 0.05) is 41.9 Å². The minimum atomic E-state index is -1.95. The monoisotopic (exact) mass is 660 g/mol. The van der Waals surface area contributed by atoms with Crippen LogP contribution in [0.5, 0.6) is 0 Å². The molecule has 0 radical (unpaired) electrons. The van der Waals surface area contributed by atoms with Crippen LogP contribution in [-0.4, -0.2) is 72.8 Å². The number of unbranched alkanes of at least 4 members (excludes halogenated alkanes) is 9. The fraction of sp³-hybridized carbons (Fsp3) is 0.816. The lowest BCUT2D eigenvalue weighted by Crippen LogP contribution is -2.65. The molecule has 0 heterocycles. The van der Waals surface area contributed by atoms with Gasteiger partial charge in [0.1, 0.15) is 11.2 Å². The molecule has 1 unspecified atom stereocenters. The van der Waals surface area contributed by atoms with E-state index in [-0.39, 0.29) is 12.8 Å². The van der Waals surface area contributed by atoms with E-state index in [9.17, 15) is 39.9 Å². The molecule has 0 aliphatic heterocycles. The van der Waals surface area contributed by atoms with E-state index in [0.29, 0.717) is 30.4 Å². The molecule has 2 fully saturated rings. The van der Waals surface area contributed by atoms with Gasteiger partial charge in [-0.05, 0) is 37.3 Å². The van der Waals surface area contributed by atoms with Crippen molar-refractivity contribution in [3.8, 4) is 0 Å². The lowest BCUT2D eigenvalue weighted by atomic mass is 9.59. The summed E-state index contributed by atoms with van der Waals surface area (Å²) in [6, 6.07) is 0. The molecule has 0 spiro atoms. The van der Waals surface area contributed by atoms with Gasteiger partial charge < -0.3 is 30.3 Å². The van der Waals surface area contributed by atoms with Crippen LogP contribution in [0.25, 0.3) is 0 Å². The van der Waals surface area contributed by atoms with E-state index in [2.05, 4.69) is 6.92 Å². The molecule has 0 aromatic carbocycles. The fourth-order valence-electron chi connectivity index (χ4n) is 9.68. The molecule has 9 atom stereocenters. The van der Waals surface area contributed by atoms with Gasteiger partial charge in [-0.25, -0.2) is 0 Å². The highest BCUT2D eigenvalue weighted by Gasteiger charge is 2.86. The van der Waals surface area contributed by atoms with Crippen LogP contribution in [0.1, 0.15) is 131 Å². The van der Waals surface area contributed by atoms with Crippen LogP contribution < -0.4 is 0 Å². The van der Waals surface area contributed by atoms with Crippen LogP contribution in [0.3, 0.4) is 0 Å². The molecule has 4 aliphatic carbocycles. The van der Waals surface area contributed by atoms with Crippen LogP contribution >= 0.6 is 0 Å². The van der Waals surface area contributed by atoms with Crippen molar-refractivity contribution in [1.29, 1.82) is 0 Å². The number of aliphatic carboxylic acids is 1. The van der Waals surface area contributed by atoms with Crippen molar-refractivity contribution >= 4 is 17.7 Å². The summed E-state index contributed by atoms with van der Waals surface area (Å²) in [6.45, 7) is 8.89. The maximum Gasteiger partial charge on any atom is 0.309 e. The second kappa shape index (κ2) is 14.8. The normalized spacial score (nSPS) is 35.9. The van der Waals surface area contributed by atoms with Crippen molar-refractivity contribution < 1.29 is 44.7 Å². The summed E-state index contributed by atoms with van der Waals surface area (Å²) < 4.78 is 6.41. The summed E-state index contributed by atoms with van der Waals surface area (Å²) in [6.07, 6.45) is 14.8. The van der Waals surface area contributed by atoms with Crippen molar-refractivity contribution in [2.45, 2.75) is 154 Å². The van der Waals surface area contributed by atoms with E-state index in [1.54, 1.807) is 26.0 Å². The first-order chi connectivity index (χ1) is 22.1. The molecule has 0 aromatic rings. The smallest absolute Gasteiger partial charge is 0.309 e. The maximum atomic E-state index is 14.0. The number of ether oxygens (including phenoxy) is 1. The topological polar surface area (TPSA) is 162 Å². The standard InChI is InChI=1S/C38H60O9/c1-6-7-8-9-10-11-12-13-14-15-17-27(18-16-19-30(40)41)34(44)47-38-31(35(38,4)5)28-21-26(23-39)22-36(45)29(20-24(2)32(36)42)37(28,46)25(3)33(38)43/h20-21,25,27-29,31,33,39,43,45-46H,6-19,22-23H2,1-5H3,(H,40,41)/t25-,27?,28+,29-,31+,33-,36-,37-,38-/m1/s1. The van der Waals surface area contributed by atoms with Gasteiger partial charge in [-0.3, -0.25) is 14.4 Å². The van der Waals surface area contributed by atoms with Gasteiger partial charge in [0.2, 0.25) is 0 Å². The number of hydrogen-bond donors (Lipinski definition) is 5. The fourth-order valence-corrected chi connectivity index (χ4v) is 9.68. The predicted octanol–water partition coefficient (Wildman–Crippen LogP) is 5.66. The molecule has 9 nitrogen and oxygen atoms in total. The molecule has 5 N–H and O–H groups in total. The largest absolute Gasteiger partial charge is 0.481 e. The van der Waals surface area contributed by atoms with Crippen LogP contribution in [0.4, 0.5) is 0 Å². The van der Waals surface area contributed by atoms with E-state index in [1.807, 2.05) is 13.8 Å². The number of carbonyl (C=O) groups is 3. The minimum absolute atomic E-state index is 0.0411. The third-order valence-electron chi connectivity index (χ3n) is 12.4. The lowest BCUT2D eigenvalue weighted by Gasteiger charge is -2.52. The summed E-state index contributed by atoms with van der Waals surface area (Å²) in [5.41, 5.74) is -5.03. The highest BCUT2D eigenvalue weighted by molar-refractivity contribution is 6.04. The summed E-state index contributed by atoms with van der Waals surface area (Å²) in [5, 5.41) is 55.8. The van der Waals surface area contributed by atoms with E-state index < -0.39 is 82.2 Å². The van der Waals surface area contributed by atoms with Crippen molar-refractivity contribution in [1.82, 2.24) is 0 Å². The Morgan fingerprint density at radius 1 is 0.957 bits per heavy atom. The number of aliphatic hydroxyl groups excluding tert-OH is 2. The number of ketones is 1. The van der Waals surface area contributed by atoms with E-state index in [1.165, 1.54) is 38.5 Å². The Morgan fingerprint density at radius 3 is 2.11 bits per heavy atom. The summed E-state index contributed by atoms with van der Waals surface area (Å²) >= 11 is 0. The molecule has 47 heavy (non-hydrogen) atoms. The van der Waals surface area contributed by atoms with Gasteiger partial charge in [0.25, 0.3) is 0 Å². The maximum absolute atomic E-state index is 14.0. The average molecular weight is 661 g/mol. The van der Waals surface area contributed by atoms with Crippen molar-refractivity contribution in [3.63, 3.8) is 0 Å². The highest BCUT2D eigenvalue weighted by Crippen LogP contribution is 2.76. The van der Waals surface area contributed by atoms with Gasteiger partial charge in [0.15, 0.2) is 5.78 Å². The molecule has 266 valence electrons. The highest BCUT2D eigenvalue weighted by atomic mass is 16.6. The molecule has 4 rings (SSSR count). The number of fused-ring (bicyclic) bond motifs is 5. The molecule has 4 aliphatic rings. The van der Waals surface area contributed by atoms with E-state index in [4.69, 9.17) is 4.74 Å². The van der Waals surface area contributed by atoms with Crippen LogP contribution in [0.15, 0.2) is 23.3 Å². The number of Topliss-reactive ketones (excluding diaryl/α,β-unsaturated/α-hetero) is 1. The molecule has 0 amide bonds. The number of carboxylic acids is 1. The Morgan fingerprint density at radius 2 is 1.53 bits per heavy atom. The molecular weight excluding hydrogens is 600 g/mol. The van der Waals surface area contributed by atoms with Crippen molar-refractivity contribution in [2.24, 2.45) is 35.0 Å². The molecule has 0 aromatic heterocycles. The molecule has 0 bridgehead atoms. The molecule has 9 heteroatoms. The second-order valence-electron chi connectivity index (χ2n) is 15.8. The number of hydrogen-bond acceptors (Lipinski definition) is 8. The average Bonchev–Trinajstić information content (AvgIpc) is 3.45. The minimum Gasteiger partial charge on any atom is -0.481 e. The van der Waals surface area contributed by atoms with Crippen LogP contribution in [0.2, 0.25) is 0 Å². The number of carboxylic acid groups (broad SMARTS) is 1. The number of esters is 1. The Bertz CT molecular complexity index is 1220.